The molecular formula is C17H27NO2. The van der Waals surface area contributed by atoms with Crippen molar-refractivity contribution in [1.82, 2.24) is 5.32 Å². The number of amides is 1. The molecule has 0 saturated carbocycles. The number of carbonyl (C=O) groups excluding carboxylic acids is 1. The summed E-state index contributed by atoms with van der Waals surface area (Å²) in [5.74, 6) is 0.147. The number of benzene rings is 1. The van der Waals surface area contributed by atoms with Crippen molar-refractivity contribution in [3.8, 4) is 0 Å². The van der Waals surface area contributed by atoms with E-state index >= 15 is 0 Å². The number of rotatable bonds is 10. The van der Waals surface area contributed by atoms with Gasteiger partial charge in [0.2, 0.25) is 5.91 Å². The Labute approximate surface area is 122 Å². The van der Waals surface area contributed by atoms with Gasteiger partial charge in [0.05, 0.1) is 6.61 Å². The van der Waals surface area contributed by atoms with Gasteiger partial charge in [-0.25, -0.2) is 0 Å². The molecule has 0 spiro atoms. The zero-order valence-corrected chi connectivity index (χ0v) is 12.8. The van der Waals surface area contributed by atoms with Gasteiger partial charge in [0.1, 0.15) is 0 Å². The second-order valence-electron chi connectivity index (χ2n) is 5.14. The molecular weight excluding hydrogens is 250 g/mol. The van der Waals surface area contributed by atoms with Crippen LogP contribution in [0.5, 0.6) is 0 Å². The van der Waals surface area contributed by atoms with E-state index in [-0.39, 0.29) is 5.91 Å². The number of hydrogen-bond acceptors (Lipinski definition) is 2. The third-order valence-corrected chi connectivity index (χ3v) is 3.40. The fourth-order valence-corrected chi connectivity index (χ4v) is 2.20. The first kappa shape index (κ1) is 16.7. The van der Waals surface area contributed by atoms with Gasteiger partial charge in [-0.05, 0) is 17.5 Å². The van der Waals surface area contributed by atoms with Gasteiger partial charge >= 0.3 is 0 Å². The summed E-state index contributed by atoms with van der Waals surface area (Å²) in [7, 11) is 1.69. The molecule has 0 radical (unpaired) electrons. The van der Waals surface area contributed by atoms with E-state index in [9.17, 15) is 4.79 Å². The van der Waals surface area contributed by atoms with E-state index in [1.165, 1.54) is 19.3 Å². The fraction of sp³-hybridized carbons (Fsp3) is 0.588. The number of carbonyl (C=O) groups is 1. The molecule has 0 aromatic heterocycles. The Morgan fingerprint density at radius 2 is 1.80 bits per heavy atom. The quantitative estimate of drug-likeness (QED) is 0.660. The predicted molar refractivity (Wildman–Crippen MR) is 82.4 cm³/mol. The van der Waals surface area contributed by atoms with E-state index in [2.05, 4.69) is 12.2 Å². The van der Waals surface area contributed by atoms with Crippen molar-refractivity contribution < 1.29 is 9.53 Å². The van der Waals surface area contributed by atoms with Crippen molar-refractivity contribution in [2.75, 3.05) is 7.11 Å². The lowest BCUT2D eigenvalue weighted by molar-refractivity contribution is -0.121. The van der Waals surface area contributed by atoms with Crippen molar-refractivity contribution >= 4 is 5.91 Å². The summed E-state index contributed by atoms with van der Waals surface area (Å²) in [6.07, 6.45) is 6.53. The standard InChI is InChI=1S/C17H27NO2/c1-3-4-5-6-7-12-17(19)18-13-15-10-8-9-11-16(15)14-20-2/h8-11H,3-7,12-14H2,1-2H3,(H,18,19). The molecule has 3 heteroatoms. The molecule has 3 nitrogen and oxygen atoms in total. The summed E-state index contributed by atoms with van der Waals surface area (Å²) in [4.78, 5) is 11.8. The van der Waals surface area contributed by atoms with Gasteiger partial charge in [-0.2, -0.15) is 0 Å². The molecule has 0 heterocycles. The second kappa shape index (κ2) is 10.4. The summed E-state index contributed by atoms with van der Waals surface area (Å²) in [6, 6.07) is 8.06. The van der Waals surface area contributed by atoms with Gasteiger partial charge in [-0.1, -0.05) is 56.9 Å². The van der Waals surface area contributed by atoms with E-state index in [1.807, 2.05) is 24.3 Å². The monoisotopic (exact) mass is 277 g/mol. The lowest BCUT2D eigenvalue weighted by atomic mass is 10.1. The molecule has 0 aliphatic rings. The number of ether oxygens (including phenoxy) is 1. The maximum atomic E-state index is 11.8. The molecule has 1 aromatic carbocycles. The van der Waals surface area contributed by atoms with E-state index in [0.717, 1.165) is 24.0 Å². The topological polar surface area (TPSA) is 38.3 Å². The third-order valence-electron chi connectivity index (χ3n) is 3.40. The van der Waals surface area contributed by atoms with Crippen LogP contribution in [0.2, 0.25) is 0 Å². The van der Waals surface area contributed by atoms with Crippen LogP contribution in [-0.2, 0) is 22.7 Å². The number of nitrogens with one attached hydrogen (secondary N) is 1. The maximum Gasteiger partial charge on any atom is 0.220 e. The number of hydrogen-bond donors (Lipinski definition) is 1. The molecule has 0 fully saturated rings. The molecule has 1 N–H and O–H groups in total. The molecule has 0 unspecified atom stereocenters. The van der Waals surface area contributed by atoms with Gasteiger partial charge in [-0.3, -0.25) is 4.79 Å². The van der Waals surface area contributed by atoms with Crippen LogP contribution >= 0.6 is 0 Å². The summed E-state index contributed by atoms with van der Waals surface area (Å²) in [5, 5.41) is 2.99. The minimum atomic E-state index is 0.147. The summed E-state index contributed by atoms with van der Waals surface area (Å²) < 4.78 is 5.17. The Kier molecular flexibility index (Phi) is 8.72. The van der Waals surface area contributed by atoms with Crippen LogP contribution in [0.4, 0.5) is 0 Å². The molecule has 0 atom stereocenters. The molecule has 0 saturated heterocycles. The lowest BCUT2D eigenvalue weighted by Crippen LogP contribution is -2.23. The van der Waals surface area contributed by atoms with E-state index in [1.54, 1.807) is 7.11 Å². The Morgan fingerprint density at radius 1 is 1.10 bits per heavy atom. The zero-order valence-electron chi connectivity index (χ0n) is 12.8. The van der Waals surface area contributed by atoms with Crippen LogP contribution in [-0.4, -0.2) is 13.0 Å². The highest BCUT2D eigenvalue weighted by Crippen LogP contribution is 2.10. The van der Waals surface area contributed by atoms with Crippen molar-refractivity contribution in [3.05, 3.63) is 35.4 Å². The van der Waals surface area contributed by atoms with E-state index < -0.39 is 0 Å². The minimum absolute atomic E-state index is 0.147. The Balaban J connectivity index is 2.26. The normalized spacial score (nSPS) is 10.5. The maximum absolute atomic E-state index is 11.8. The molecule has 20 heavy (non-hydrogen) atoms. The SMILES string of the molecule is CCCCCCCC(=O)NCc1ccccc1COC. The molecule has 112 valence electrons. The van der Waals surface area contributed by atoms with Crippen molar-refractivity contribution in [3.63, 3.8) is 0 Å². The van der Waals surface area contributed by atoms with Crippen molar-refractivity contribution in [2.24, 2.45) is 0 Å². The molecule has 1 amide bonds. The fourth-order valence-electron chi connectivity index (χ4n) is 2.20. The summed E-state index contributed by atoms with van der Waals surface area (Å²) in [5.41, 5.74) is 2.27. The van der Waals surface area contributed by atoms with Gasteiger partial charge in [-0.15, -0.1) is 0 Å². The van der Waals surface area contributed by atoms with Crippen molar-refractivity contribution in [2.45, 2.75) is 58.6 Å². The molecule has 0 aliphatic heterocycles. The molecule has 0 bridgehead atoms. The minimum Gasteiger partial charge on any atom is -0.380 e. The average molecular weight is 277 g/mol. The van der Waals surface area contributed by atoms with Crippen LogP contribution in [0.3, 0.4) is 0 Å². The van der Waals surface area contributed by atoms with Crippen LogP contribution < -0.4 is 5.32 Å². The van der Waals surface area contributed by atoms with Gasteiger partial charge in [0.15, 0.2) is 0 Å². The Hall–Kier alpha value is -1.35. The number of unbranched alkanes of at least 4 members (excludes halogenated alkanes) is 4. The highest BCUT2D eigenvalue weighted by atomic mass is 16.5. The first-order chi connectivity index (χ1) is 9.77. The predicted octanol–water partition coefficient (Wildman–Crippen LogP) is 3.81. The molecule has 0 aliphatic carbocycles. The number of methoxy groups -OCH3 is 1. The average Bonchev–Trinajstić information content (AvgIpc) is 2.46. The lowest BCUT2D eigenvalue weighted by Gasteiger charge is -2.10. The highest BCUT2D eigenvalue weighted by Gasteiger charge is 2.04. The van der Waals surface area contributed by atoms with Crippen LogP contribution in [0, 0.1) is 0 Å². The van der Waals surface area contributed by atoms with Crippen molar-refractivity contribution in [1.29, 1.82) is 0 Å². The molecule has 1 rings (SSSR count). The van der Waals surface area contributed by atoms with Gasteiger partial charge < -0.3 is 10.1 Å². The Bertz CT molecular complexity index is 390. The van der Waals surface area contributed by atoms with Crippen LogP contribution in [0.1, 0.15) is 56.6 Å². The van der Waals surface area contributed by atoms with Crippen LogP contribution in [0.25, 0.3) is 0 Å². The largest absolute Gasteiger partial charge is 0.380 e. The highest BCUT2D eigenvalue weighted by molar-refractivity contribution is 5.75. The van der Waals surface area contributed by atoms with Crippen LogP contribution in [0.15, 0.2) is 24.3 Å². The Morgan fingerprint density at radius 3 is 2.50 bits per heavy atom. The van der Waals surface area contributed by atoms with Gasteiger partial charge in [0, 0.05) is 20.1 Å². The third kappa shape index (κ3) is 6.71. The first-order valence-corrected chi connectivity index (χ1v) is 7.60. The van der Waals surface area contributed by atoms with Gasteiger partial charge in [0.25, 0.3) is 0 Å². The van der Waals surface area contributed by atoms with E-state index in [4.69, 9.17) is 4.74 Å². The summed E-state index contributed by atoms with van der Waals surface area (Å²) in [6.45, 7) is 3.38. The zero-order chi connectivity index (χ0) is 14.6. The smallest absolute Gasteiger partial charge is 0.220 e. The summed E-state index contributed by atoms with van der Waals surface area (Å²) >= 11 is 0. The first-order valence-electron chi connectivity index (χ1n) is 7.60. The second-order valence-corrected chi connectivity index (χ2v) is 5.14. The van der Waals surface area contributed by atoms with E-state index in [0.29, 0.717) is 19.6 Å². The molecule has 1 aromatic rings.